The van der Waals surface area contributed by atoms with Gasteiger partial charge in [-0.1, -0.05) is 39.0 Å². The first kappa shape index (κ1) is 19.7. The van der Waals surface area contributed by atoms with E-state index in [1.807, 2.05) is 0 Å². The molecule has 0 saturated heterocycles. The van der Waals surface area contributed by atoms with Crippen molar-refractivity contribution in [2.45, 2.75) is 34.6 Å². The van der Waals surface area contributed by atoms with Crippen LogP contribution >= 0.6 is 0 Å². The summed E-state index contributed by atoms with van der Waals surface area (Å²) in [6, 6.07) is 0. The second-order valence-corrected chi connectivity index (χ2v) is 5.03. The van der Waals surface area contributed by atoms with E-state index in [0.717, 1.165) is 11.4 Å². The molecule has 1 aliphatic heterocycles. The van der Waals surface area contributed by atoms with Crippen LogP contribution in [0.25, 0.3) is 0 Å². The summed E-state index contributed by atoms with van der Waals surface area (Å²) in [5.74, 6) is 0. The molecule has 1 heterocycles. The maximum Gasteiger partial charge on any atom is 3.00 e. The molecule has 4 heteroatoms. The van der Waals surface area contributed by atoms with Crippen LogP contribution in [0.3, 0.4) is 0 Å². The Morgan fingerprint density at radius 1 is 1.12 bits per heavy atom. The third-order valence-corrected chi connectivity index (χ3v) is 2.58. The fraction of sp³-hybridized carbons (Fsp3) is 0.462. The predicted octanol–water partition coefficient (Wildman–Crippen LogP) is -2.54. The van der Waals surface area contributed by atoms with E-state index in [1.165, 1.54) is 16.7 Å². The molecule has 0 spiro atoms. The van der Waals surface area contributed by atoms with Crippen molar-refractivity contribution >= 4 is 5.71 Å². The summed E-state index contributed by atoms with van der Waals surface area (Å²) >= 11 is 0. The van der Waals surface area contributed by atoms with Crippen LogP contribution in [0.15, 0.2) is 33.5 Å². The van der Waals surface area contributed by atoms with E-state index in [0.29, 0.717) is 0 Å². The molecule has 0 atom stereocenters. The van der Waals surface area contributed by atoms with Gasteiger partial charge >= 0.3 is 26.2 Å². The molecule has 0 unspecified atom stereocenters. The number of hydrogen-bond acceptors (Lipinski definition) is 1. The van der Waals surface area contributed by atoms with Crippen LogP contribution in [0.4, 0.5) is 0 Å². The fourth-order valence-electron chi connectivity index (χ4n) is 2.19. The molecule has 0 saturated carbocycles. The van der Waals surface area contributed by atoms with E-state index < -0.39 is 0 Å². The van der Waals surface area contributed by atoms with Crippen LogP contribution in [-0.4, -0.2) is 5.71 Å². The van der Waals surface area contributed by atoms with Crippen molar-refractivity contribution in [1.82, 2.24) is 0 Å². The molecule has 1 nitrogen and oxygen atoms in total. The zero-order valence-corrected chi connectivity index (χ0v) is 14.8. The fourth-order valence-corrected chi connectivity index (χ4v) is 2.19. The topological polar surface area (TPSA) is 12.4 Å². The predicted molar refractivity (Wildman–Crippen MR) is 60.1 cm³/mol. The van der Waals surface area contributed by atoms with Crippen molar-refractivity contribution in [3.05, 3.63) is 34.6 Å². The summed E-state index contributed by atoms with van der Waals surface area (Å²) in [6.45, 7) is 10.8. The second-order valence-electron chi connectivity index (χ2n) is 5.03. The maximum atomic E-state index is 4.57. The number of hydrogen-bond donors (Lipinski definition) is 0. The van der Waals surface area contributed by atoms with Crippen LogP contribution in [0.1, 0.15) is 34.6 Å². The van der Waals surface area contributed by atoms with Crippen molar-refractivity contribution in [2.24, 2.45) is 10.4 Å². The summed E-state index contributed by atoms with van der Waals surface area (Å²) < 4.78 is 0. The molecule has 2 rings (SSSR count). The molecule has 0 amide bonds. The number of nitrogens with zero attached hydrogens (tertiary/aromatic N) is 1. The Kier molecular flexibility index (Phi) is 7.53. The summed E-state index contributed by atoms with van der Waals surface area (Å²) in [5, 5.41) is 0. The third-order valence-electron chi connectivity index (χ3n) is 2.58. The van der Waals surface area contributed by atoms with Crippen molar-refractivity contribution < 1.29 is 51.0 Å². The van der Waals surface area contributed by atoms with E-state index in [4.69, 9.17) is 0 Å². The largest absolute Gasteiger partial charge is 3.00 e. The van der Waals surface area contributed by atoms with Gasteiger partial charge in [-0.05, 0) is 18.1 Å². The van der Waals surface area contributed by atoms with Crippen molar-refractivity contribution in [2.75, 3.05) is 0 Å². The second kappa shape index (κ2) is 6.50. The molecule has 0 fully saturated rings. The molecule has 1 radical (unpaired) electrons. The van der Waals surface area contributed by atoms with Gasteiger partial charge in [-0.25, -0.2) is 0 Å². The van der Waals surface area contributed by atoms with Gasteiger partial charge in [-0.2, -0.15) is 0 Å². The standard InChI is InChI=1S/C13H16N.2ClH.Zr/c1-8-6-10-11(7-8)14-9(2)12(10)13(3,4)5;;;/h7H,1-5H3;2*1H;/q-1;;;+3/p-2. The van der Waals surface area contributed by atoms with Crippen molar-refractivity contribution in [3.8, 4) is 0 Å². The SMILES string of the molecule is CC1=[C-]C2=C(C(C)(C)C)C(C)=NC2=C1.[Cl-].[Cl-].[Zr+3]. The zero-order chi connectivity index (χ0) is 10.5. The molecule has 17 heavy (non-hydrogen) atoms. The summed E-state index contributed by atoms with van der Waals surface area (Å²) in [7, 11) is 0. The quantitative estimate of drug-likeness (QED) is 0.428. The zero-order valence-electron chi connectivity index (χ0n) is 10.8. The van der Waals surface area contributed by atoms with Crippen LogP contribution in [0.2, 0.25) is 0 Å². The molecule has 1 aliphatic carbocycles. The van der Waals surface area contributed by atoms with Gasteiger partial charge < -0.3 is 29.8 Å². The molecule has 0 aromatic heterocycles. The Morgan fingerprint density at radius 2 is 1.65 bits per heavy atom. The van der Waals surface area contributed by atoms with Gasteiger partial charge in [0.25, 0.3) is 0 Å². The number of allylic oxidation sites excluding steroid dienone is 4. The molecule has 0 N–H and O–H groups in total. The van der Waals surface area contributed by atoms with Gasteiger partial charge in [-0.15, -0.1) is 23.3 Å². The minimum Gasteiger partial charge on any atom is -1.00 e. The molecule has 91 valence electrons. The van der Waals surface area contributed by atoms with Crippen LogP contribution in [0, 0.1) is 11.5 Å². The van der Waals surface area contributed by atoms with E-state index in [-0.39, 0.29) is 56.4 Å². The average Bonchev–Trinajstić information content (AvgIpc) is 2.38. The Hall–Kier alpha value is 0.353. The first-order valence-corrected chi connectivity index (χ1v) is 5.02. The maximum absolute atomic E-state index is 4.57. The third kappa shape index (κ3) is 3.66. The van der Waals surface area contributed by atoms with Gasteiger partial charge in [0.15, 0.2) is 0 Å². The van der Waals surface area contributed by atoms with Crippen molar-refractivity contribution in [1.29, 1.82) is 0 Å². The number of aliphatic imine (C=N–C) groups is 1. The summed E-state index contributed by atoms with van der Waals surface area (Å²) in [5.41, 5.74) is 6.17. The summed E-state index contributed by atoms with van der Waals surface area (Å²) in [4.78, 5) is 4.57. The monoisotopic (exact) mass is 346 g/mol. The van der Waals surface area contributed by atoms with Crippen molar-refractivity contribution in [3.63, 3.8) is 0 Å². The molecular weight excluding hydrogens is 332 g/mol. The van der Waals surface area contributed by atoms with Crippen LogP contribution in [0.5, 0.6) is 0 Å². The van der Waals surface area contributed by atoms with Gasteiger partial charge in [0.05, 0.1) is 0 Å². The average molecular weight is 348 g/mol. The summed E-state index contributed by atoms with van der Waals surface area (Å²) in [6.07, 6.45) is 5.50. The van der Waals surface area contributed by atoms with Gasteiger partial charge in [0.1, 0.15) is 0 Å². The van der Waals surface area contributed by atoms with Crippen LogP contribution < -0.4 is 24.8 Å². The molecule has 0 bridgehead atoms. The van der Waals surface area contributed by atoms with E-state index in [1.54, 1.807) is 0 Å². The minimum absolute atomic E-state index is 0. The van der Waals surface area contributed by atoms with Gasteiger partial charge in [0.2, 0.25) is 0 Å². The minimum atomic E-state index is 0. The number of fused-ring (bicyclic) bond motifs is 1. The normalized spacial score (nSPS) is 17.1. The molecule has 2 aliphatic rings. The first-order valence-electron chi connectivity index (χ1n) is 5.02. The van der Waals surface area contributed by atoms with E-state index in [9.17, 15) is 0 Å². The Labute approximate surface area is 135 Å². The first-order chi connectivity index (χ1) is 6.39. The Bertz CT molecular complexity index is 423. The Morgan fingerprint density at radius 3 is 2.12 bits per heavy atom. The number of rotatable bonds is 0. The number of halogens is 2. The Balaban J connectivity index is 0. The molecular formula is C13H16Cl2NZr. The van der Waals surface area contributed by atoms with Gasteiger partial charge in [-0.3, -0.25) is 0 Å². The molecule has 0 aromatic rings. The smallest absolute Gasteiger partial charge is 1.00 e. The molecule has 0 aromatic carbocycles. The van der Waals surface area contributed by atoms with Crippen LogP contribution in [-0.2, 0) is 26.2 Å². The van der Waals surface area contributed by atoms with E-state index in [2.05, 4.69) is 51.8 Å². The van der Waals surface area contributed by atoms with Gasteiger partial charge in [0, 0.05) is 0 Å². The van der Waals surface area contributed by atoms with E-state index >= 15 is 0 Å².